The van der Waals surface area contributed by atoms with Crippen LogP contribution in [0.2, 0.25) is 0 Å². The van der Waals surface area contributed by atoms with E-state index in [4.69, 9.17) is 14.6 Å². The number of aryl methyl sites for hydroxylation is 2. The number of methoxy groups -OCH3 is 2. The standard InChI is InChI=1S/C28H34N4O3/c1-8-22-14-21-15-24(34-6)25(35-7)16-23(21)28(30-32(22)26(33)9-2)20-12-10-19(11-13-20)27-17(3)29-31(5)18(27)4/h10-13,15-16,22H,8-9,14H2,1-7H3. The number of aromatic nitrogens is 2. The van der Waals surface area contributed by atoms with Crippen LogP contribution >= 0.6 is 0 Å². The number of rotatable bonds is 6. The third kappa shape index (κ3) is 4.43. The second-order valence-corrected chi connectivity index (χ2v) is 8.92. The molecule has 1 aliphatic heterocycles. The number of ether oxygens (including phenoxy) is 2. The summed E-state index contributed by atoms with van der Waals surface area (Å²) >= 11 is 0. The van der Waals surface area contributed by atoms with Crippen molar-refractivity contribution in [2.24, 2.45) is 12.1 Å². The minimum Gasteiger partial charge on any atom is -0.493 e. The Kier molecular flexibility index (Phi) is 6.96. The maximum absolute atomic E-state index is 12.9. The molecular weight excluding hydrogens is 440 g/mol. The lowest BCUT2D eigenvalue weighted by atomic mass is 9.92. The second kappa shape index (κ2) is 9.94. The van der Waals surface area contributed by atoms with Gasteiger partial charge in [-0.25, -0.2) is 5.01 Å². The summed E-state index contributed by atoms with van der Waals surface area (Å²) in [7, 11) is 5.23. The van der Waals surface area contributed by atoms with Crippen molar-refractivity contribution in [1.29, 1.82) is 0 Å². The first-order valence-corrected chi connectivity index (χ1v) is 12.1. The molecule has 1 unspecified atom stereocenters. The number of hydrogen-bond acceptors (Lipinski definition) is 5. The fraction of sp³-hybridized carbons (Fsp3) is 0.393. The molecular formula is C28H34N4O3. The Morgan fingerprint density at radius 3 is 2.20 bits per heavy atom. The smallest absolute Gasteiger partial charge is 0.242 e. The highest BCUT2D eigenvalue weighted by Gasteiger charge is 2.29. The van der Waals surface area contributed by atoms with Crippen LogP contribution in [-0.4, -0.2) is 46.7 Å². The molecule has 2 aromatic carbocycles. The lowest BCUT2D eigenvalue weighted by Gasteiger charge is -2.25. The van der Waals surface area contributed by atoms with E-state index >= 15 is 0 Å². The fourth-order valence-electron chi connectivity index (χ4n) is 4.83. The van der Waals surface area contributed by atoms with Gasteiger partial charge in [-0.15, -0.1) is 0 Å². The molecule has 7 heteroatoms. The lowest BCUT2D eigenvalue weighted by molar-refractivity contribution is -0.133. The van der Waals surface area contributed by atoms with E-state index in [2.05, 4.69) is 43.2 Å². The SMILES string of the molecule is CCC(=O)N1N=C(c2ccc(-c3c(C)nn(C)c3C)cc2)c2cc(OC)c(OC)cc2CC1CC. The number of amides is 1. The highest BCUT2D eigenvalue weighted by Crippen LogP contribution is 2.35. The molecule has 0 aliphatic carbocycles. The predicted molar refractivity (Wildman–Crippen MR) is 138 cm³/mol. The minimum atomic E-state index is -0.0308. The summed E-state index contributed by atoms with van der Waals surface area (Å²) in [4.78, 5) is 12.9. The van der Waals surface area contributed by atoms with Gasteiger partial charge in [-0.3, -0.25) is 9.48 Å². The molecule has 1 atom stereocenters. The van der Waals surface area contributed by atoms with Gasteiger partial charge < -0.3 is 9.47 Å². The predicted octanol–water partition coefficient (Wildman–Crippen LogP) is 5.05. The van der Waals surface area contributed by atoms with Crippen LogP contribution in [0, 0.1) is 13.8 Å². The molecule has 0 saturated heterocycles. The third-order valence-corrected chi connectivity index (χ3v) is 6.86. The number of hydrogen-bond donors (Lipinski definition) is 0. The van der Waals surface area contributed by atoms with Crippen LogP contribution in [0.5, 0.6) is 11.5 Å². The van der Waals surface area contributed by atoms with Crippen molar-refractivity contribution in [2.75, 3.05) is 14.2 Å². The Bertz CT molecular complexity index is 1270. The number of hydrazone groups is 1. The van der Waals surface area contributed by atoms with Gasteiger partial charge in [-0.05, 0) is 49.9 Å². The average Bonchev–Trinajstić information content (AvgIpc) is 3.03. The zero-order valence-corrected chi connectivity index (χ0v) is 21.7. The Morgan fingerprint density at radius 1 is 1.03 bits per heavy atom. The molecule has 4 rings (SSSR count). The summed E-state index contributed by atoms with van der Waals surface area (Å²) in [6.07, 6.45) is 1.89. The molecule has 0 bridgehead atoms. The molecule has 0 fully saturated rings. The van der Waals surface area contributed by atoms with Crippen molar-refractivity contribution >= 4 is 11.6 Å². The minimum absolute atomic E-state index is 0.0133. The van der Waals surface area contributed by atoms with Gasteiger partial charge in [-0.1, -0.05) is 38.1 Å². The number of carbonyl (C=O) groups is 1. The number of carbonyl (C=O) groups excluding carboxylic acids is 1. The van der Waals surface area contributed by atoms with Gasteiger partial charge >= 0.3 is 0 Å². The van der Waals surface area contributed by atoms with Gasteiger partial charge in [-0.2, -0.15) is 10.2 Å². The first kappa shape index (κ1) is 24.5. The van der Waals surface area contributed by atoms with Crippen molar-refractivity contribution in [3.05, 3.63) is 64.5 Å². The van der Waals surface area contributed by atoms with Crippen LogP contribution in [0.1, 0.15) is 54.8 Å². The van der Waals surface area contributed by atoms with Gasteiger partial charge in [0.15, 0.2) is 11.5 Å². The Labute approximate surface area is 207 Å². The zero-order chi connectivity index (χ0) is 25.3. The van der Waals surface area contributed by atoms with Crippen molar-refractivity contribution in [3.8, 4) is 22.6 Å². The van der Waals surface area contributed by atoms with Gasteiger partial charge in [0.1, 0.15) is 0 Å². The topological polar surface area (TPSA) is 69.0 Å². The van der Waals surface area contributed by atoms with Crippen molar-refractivity contribution < 1.29 is 14.3 Å². The van der Waals surface area contributed by atoms with Crippen LogP contribution < -0.4 is 9.47 Å². The molecule has 0 spiro atoms. The molecule has 1 aromatic heterocycles. The van der Waals surface area contributed by atoms with E-state index in [1.807, 2.05) is 37.7 Å². The molecule has 35 heavy (non-hydrogen) atoms. The lowest BCUT2D eigenvalue weighted by Crippen LogP contribution is -2.36. The van der Waals surface area contributed by atoms with Gasteiger partial charge in [0.2, 0.25) is 5.91 Å². The largest absolute Gasteiger partial charge is 0.493 e. The van der Waals surface area contributed by atoms with Crippen molar-refractivity contribution in [2.45, 2.75) is 53.0 Å². The molecule has 2 heterocycles. The molecule has 184 valence electrons. The zero-order valence-electron chi connectivity index (χ0n) is 21.7. The second-order valence-electron chi connectivity index (χ2n) is 8.92. The molecule has 3 aromatic rings. The van der Waals surface area contributed by atoms with E-state index in [1.54, 1.807) is 19.2 Å². The fourth-order valence-corrected chi connectivity index (χ4v) is 4.83. The number of fused-ring (bicyclic) bond motifs is 1. The van der Waals surface area contributed by atoms with E-state index in [9.17, 15) is 4.79 Å². The molecule has 1 aliphatic rings. The van der Waals surface area contributed by atoms with E-state index in [-0.39, 0.29) is 11.9 Å². The normalized spacial score (nSPS) is 15.3. The maximum atomic E-state index is 12.9. The van der Waals surface area contributed by atoms with Crippen LogP contribution in [0.4, 0.5) is 0 Å². The quantitative estimate of drug-likeness (QED) is 0.502. The van der Waals surface area contributed by atoms with Gasteiger partial charge in [0.25, 0.3) is 0 Å². The first-order valence-electron chi connectivity index (χ1n) is 12.1. The van der Waals surface area contributed by atoms with Gasteiger partial charge in [0.05, 0.1) is 31.7 Å². The third-order valence-electron chi connectivity index (χ3n) is 6.86. The summed E-state index contributed by atoms with van der Waals surface area (Å²) in [5.41, 5.74) is 8.09. The molecule has 7 nitrogen and oxygen atoms in total. The highest BCUT2D eigenvalue weighted by atomic mass is 16.5. The van der Waals surface area contributed by atoms with Crippen LogP contribution in [0.25, 0.3) is 11.1 Å². The summed E-state index contributed by atoms with van der Waals surface area (Å²) in [5, 5.41) is 11.2. The first-order chi connectivity index (χ1) is 16.8. The monoisotopic (exact) mass is 474 g/mol. The van der Waals surface area contributed by atoms with Crippen molar-refractivity contribution in [1.82, 2.24) is 14.8 Å². The Balaban J connectivity index is 1.89. The van der Waals surface area contributed by atoms with E-state index in [1.165, 1.54) is 0 Å². The van der Waals surface area contributed by atoms with Crippen LogP contribution in [-0.2, 0) is 18.3 Å². The summed E-state index contributed by atoms with van der Waals surface area (Å²) in [5.74, 6) is 1.33. The number of nitrogens with zero attached hydrogens (tertiary/aromatic N) is 4. The van der Waals surface area contributed by atoms with E-state index < -0.39 is 0 Å². The van der Waals surface area contributed by atoms with Gasteiger partial charge in [0, 0.05) is 35.9 Å². The van der Waals surface area contributed by atoms with E-state index in [0.29, 0.717) is 24.3 Å². The Morgan fingerprint density at radius 2 is 1.66 bits per heavy atom. The summed E-state index contributed by atoms with van der Waals surface area (Å²) in [6.45, 7) is 8.07. The highest BCUT2D eigenvalue weighted by molar-refractivity contribution is 6.14. The maximum Gasteiger partial charge on any atom is 0.242 e. The summed E-state index contributed by atoms with van der Waals surface area (Å²) < 4.78 is 13.1. The number of benzene rings is 2. The van der Waals surface area contributed by atoms with Crippen molar-refractivity contribution in [3.63, 3.8) is 0 Å². The Hall–Kier alpha value is -3.61. The van der Waals surface area contributed by atoms with E-state index in [0.717, 1.165) is 51.3 Å². The molecule has 0 N–H and O–H groups in total. The van der Waals surface area contributed by atoms with Crippen LogP contribution in [0.3, 0.4) is 0 Å². The summed E-state index contributed by atoms with van der Waals surface area (Å²) in [6, 6.07) is 12.3. The molecule has 0 radical (unpaired) electrons. The van der Waals surface area contributed by atoms with Crippen LogP contribution in [0.15, 0.2) is 41.5 Å². The average molecular weight is 475 g/mol. The molecule has 0 saturated carbocycles. The molecule has 1 amide bonds.